The number of nitrogens with zero attached hydrogens (tertiary/aromatic N) is 2. The van der Waals surface area contributed by atoms with Gasteiger partial charge in [0.25, 0.3) is 0 Å². The topological polar surface area (TPSA) is 46.6 Å². The molecule has 0 radical (unpaired) electrons. The number of nitrogens with one attached hydrogen (secondary N) is 1. The van der Waals surface area contributed by atoms with Crippen molar-refractivity contribution in [3.05, 3.63) is 53.9 Å². The van der Waals surface area contributed by atoms with Gasteiger partial charge in [0.15, 0.2) is 0 Å². The lowest BCUT2D eigenvalue weighted by Gasteiger charge is -2.29. The second kappa shape index (κ2) is 11.0. The average Bonchev–Trinajstić information content (AvgIpc) is 2.74. The van der Waals surface area contributed by atoms with Gasteiger partial charge in [-0.3, -0.25) is 4.98 Å². The molecule has 2 aromatic rings. The summed E-state index contributed by atoms with van der Waals surface area (Å²) in [7, 11) is 1.70. The molecule has 152 valence electrons. The molecular weight excluding hydrogens is 350 g/mol. The minimum atomic E-state index is 0.464. The molecule has 0 saturated carbocycles. The maximum Gasteiger partial charge on any atom is 0.130 e. The van der Waals surface area contributed by atoms with Crippen molar-refractivity contribution in [2.45, 2.75) is 39.3 Å². The van der Waals surface area contributed by atoms with Crippen molar-refractivity contribution in [3.63, 3.8) is 0 Å². The minimum Gasteiger partial charge on any atom is -0.497 e. The molecule has 1 atom stereocenters. The number of benzene rings is 1. The van der Waals surface area contributed by atoms with Crippen molar-refractivity contribution in [3.8, 4) is 11.5 Å². The predicted octanol–water partition coefficient (Wildman–Crippen LogP) is 3.88. The highest BCUT2D eigenvalue weighted by atomic mass is 16.5. The van der Waals surface area contributed by atoms with Gasteiger partial charge in [0, 0.05) is 24.8 Å². The quantitative estimate of drug-likeness (QED) is 0.675. The van der Waals surface area contributed by atoms with Crippen LogP contribution >= 0.6 is 0 Å². The van der Waals surface area contributed by atoms with E-state index in [0.29, 0.717) is 12.5 Å². The van der Waals surface area contributed by atoms with Gasteiger partial charge in [-0.05, 0) is 68.7 Å². The van der Waals surface area contributed by atoms with Crippen molar-refractivity contribution in [1.82, 2.24) is 15.2 Å². The van der Waals surface area contributed by atoms with E-state index in [1.165, 1.54) is 38.9 Å². The van der Waals surface area contributed by atoms with Crippen molar-refractivity contribution >= 4 is 0 Å². The number of rotatable bonds is 10. The number of likely N-dealkylation sites (tertiary alicyclic amines) is 1. The van der Waals surface area contributed by atoms with Crippen LogP contribution in [0.1, 0.15) is 37.4 Å². The normalized spacial score (nSPS) is 15.9. The molecule has 28 heavy (non-hydrogen) atoms. The lowest BCUT2D eigenvalue weighted by Crippen LogP contribution is -2.36. The van der Waals surface area contributed by atoms with Crippen molar-refractivity contribution in [2.24, 2.45) is 5.92 Å². The highest BCUT2D eigenvalue weighted by Gasteiger charge is 2.14. The third-order valence-corrected chi connectivity index (χ3v) is 5.20. The largest absolute Gasteiger partial charge is 0.497 e. The fraction of sp³-hybridized carbons (Fsp3) is 0.522. The second-order valence-electron chi connectivity index (χ2n) is 7.68. The molecule has 1 aliphatic rings. The molecule has 2 heterocycles. The van der Waals surface area contributed by atoms with Gasteiger partial charge in [0.05, 0.1) is 12.8 Å². The Morgan fingerprint density at radius 1 is 1.14 bits per heavy atom. The van der Waals surface area contributed by atoms with Crippen LogP contribution in [0.4, 0.5) is 0 Å². The van der Waals surface area contributed by atoms with E-state index in [1.807, 2.05) is 30.3 Å². The minimum absolute atomic E-state index is 0.464. The smallest absolute Gasteiger partial charge is 0.130 e. The van der Waals surface area contributed by atoms with Gasteiger partial charge < -0.3 is 19.7 Å². The zero-order valence-electron chi connectivity index (χ0n) is 17.2. The summed E-state index contributed by atoms with van der Waals surface area (Å²) in [6.45, 7) is 8.23. The molecule has 0 aliphatic carbocycles. The van der Waals surface area contributed by atoms with Crippen molar-refractivity contribution in [1.29, 1.82) is 0 Å². The number of methoxy groups -OCH3 is 1. The van der Waals surface area contributed by atoms with E-state index in [1.54, 1.807) is 13.3 Å². The number of pyridine rings is 1. The van der Waals surface area contributed by atoms with Gasteiger partial charge in [-0.2, -0.15) is 0 Å². The van der Waals surface area contributed by atoms with Gasteiger partial charge in [-0.1, -0.05) is 19.4 Å². The van der Waals surface area contributed by atoms with Crippen LogP contribution in [0.25, 0.3) is 0 Å². The Kier molecular flexibility index (Phi) is 8.12. The molecule has 1 fully saturated rings. The van der Waals surface area contributed by atoms with Crippen LogP contribution in [0.5, 0.6) is 11.5 Å². The zero-order valence-corrected chi connectivity index (χ0v) is 17.2. The summed E-state index contributed by atoms with van der Waals surface area (Å²) >= 11 is 0. The molecule has 0 bridgehead atoms. The fourth-order valence-corrected chi connectivity index (χ4v) is 3.70. The Morgan fingerprint density at radius 3 is 2.75 bits per heavy atom. The van der Waals surface area contributed by atoms with Crippen LogP contribution in [0.15, 0.2) is 42.6 Å². The van der Waals surface area contributed by atoms with E-state index in [-0.39, 0.29) is 0 Å². The fourth-order valence-electron chi connectivity index (χ4n) is 3.70. The van der Waals surface area contributed by atoms with Gasteiger partial charge in [-0.15, -0.1) is 0 Å². The lowest BCUT2D eigenvalue weighted by molar-refractivity contribution is 0.199. The first-order valence-corrected chi connectivity index (χ1v) is 10.4. The third-order valence-electron chi connectivity index (χ3n) is 5.20. The zero-order chi connectivity index (χ0) is 19.6. The summed E-state index contributed by atoms with van der Waals surface area (Å²) in [6.07, 6.45) is 5.88. The SMILES string of the molecule is COc1ccc(OCc2ccccn2)c(CNCC(C)CN2CCCCC2)c1. The van der Waals surface area contributed by atoms with Crippen LogP contribution in [0.2, 0.25) is 0 Å². The second-order valence-corrected chi connectivity index (χ2v) is 7.68. The van der Waals surface area contributed by atoms with E-state index in [4.69, 9.17) is 9.47 Å². The molecule has 1 N–H and O–H groups in total. The van der Waals surface area contributed by atoms with Crippen LogP contribution in [0.3, 0.4) is 0 Å². The number of aromatic nitrogens is 1. The summed E-state index contributed by atoms with van der Waals surface area (Å²) in [4.78, 5) is 6.93. The van der Waals surface area contributed by atoms with Crippen LogP contribution in [-0.2, 0) is 13.2 Å². The highest BCUT2D eigenvalue weighted by Crippen LogP contribution is 2.25. The molecule has 3 rings (SSSR count). The maximum absolute atomic E-state index is 6.04. The summed E-state index contributed by atoms with van der Waals surface area (Å²) in [5.41, 5.74) is 2.04. The summed E-state index contributed by atoms with van der Waals surface area (Å²) in [5.74, 6) is 2.35. The lowest BCUT2D eigenvalue weighted by atomic mass is 10.1. The van der Waals surface area contributed by atoms with Crippen LogP contribution in [-0.4, -0.2) is 43.2 Å². The Bertz CT molecular complexity index is 702. The molecule has 1 saturated heterocycles. The maximum atomic E-state index is 6.04. The highest BCUT2D eigenvalue weighted by molar-refractivity contribution is 5.40. The Morgan fingerprint density at radius 2 is 2.00 bits per heavy atom. The average molecular weight is 384 g/mol. The van der Waals surface area contributed by atoms with Crippen LogP contribution < -0.4 is 14.8 Å². The molecule has 5 heteroatoms. The number of hydrogen-bond acceptors (Lipinski definition) is 5. The Hall–Kier alpha value is -2.11. The van der Waals surface area contributed by atoms with E-state index >= 15 is 0 Å². The number of ether oxygens (including phenoxy) is 2. The van der Waals surface area contributed by atoms with Gasteiger partial charge in [0.1, 0.15) is 18.1 Å². The van der Waals surface area contributed by atoms with Gasteiger partial charge >= 0.3 is 0 Å². The Labute approximate surface area is 169 Å². The summed E-state index contributed by atoms with van der Waals surface area (Å²) < 4.78 is 11.4. The number of hydrogen-bond donors (Lipinski definition) is 1. The van der Waals surface area contributed by atoms with E-state index in [2.05, 4.69) is 28.2 Å². The molecular formula is C23H33N3O2. The molecule has 1 aromatic carbocycles. The predicted molar refractivity (Wildman–Crippen MR) is 113 cm³/mol. The van der Waals surface area contributed by atoms with E-state index < -0.39 is 0 Å². The van der Waals surface area contributed by atoms with Crippen molar-refractivity contribution in [2.75, 3.05) is 33.3 Å². The van der Waals surface area contributed by atoms with E-state index in [9.17, 15) is 0 Å². The van der Waals surface area contributed by atoms with Crippen LogP contribution in [0, 0.1) is 5.92 Å². The van der Waals surface area contributed by atoms with Gasteiger partial charge in [0.2, 0.25) is 0 Å². The molecule has 5 nitrogen and oxygen atoms in total. The van der Waals surface area contributed by atoms with E-state index in [0.717, 1.165) is 35.8 Å². The molecule has 0 amide bonds. The first-order chi connectivity index (χ1) is 13.7. The molecule has 0 spiro atoms. The first kappa shape index (κ1) is 20.6. The summed E-state index contributed by atoms with van der Waals surface area (Å²) in [5, 5.41) is 3.60. The molecule has 1 aromatic heterocycles. The summed E-state index contributed by atoms with van der Waals surface area (Å²) in [6, 6.07) is 11.8. The van der Waals surface area contributed by atoms with Gasteiger partial charge in [-0.25, -0.2) is 0 Å². The number of piperidine rings is 1. The third kappa shape index (κ3) is 6.50. The monoisotopic (exact) mass is 383 g/mol. The van der Waals surface area contributed by atoms with Crippen molar-refractivity contribution < 1.29 is 9.47 Å². The Balaban J connectivity index is 1.52. The molecule has 1 unspecified atom stereocenters. The molecule has 1 aliphatic heterocycles. The standard InChI is InChI=1S/C23H33N3O2/c1-19(17-26-12-6-3-7-13-26)15-24-16-20-14-22(27-2)9-10-23(20)28-18-21-8-4-5-11-25-21/h4-5,8-11,14,19,24H,3,6-7,12-13,15-18H2,1-2H3. The first-order valence-electron chi connectivity index (χ1n) is 10.4.